The summed E-state index contributed by atoms with van der Waals surface area (Å²) in [5.41, 5.74) is 0. The molecule has 17 heavy (non-hydrogen) atoms. The van der Waals surface area contributed by atoms with Crippen molar-refractivity contribution in [3.63, 3.8) is 0 Å². The number of aliphatic carboxylic acids is 1. The molecule has 2 amide bonds. The molecule has 0 heterocycles. The van der Waals surface area contributed by atoms with Gasteiger partial charge in [0.1, 0.15) is 0 Å². The Bertz CT molecular complexity index is 322. The minimum absolute atomic E-state index is 0.271. The monoisotopic (exact) mass is 238 g/mol. The van der Waals surface area contributed by atoms with E-state index in [4.69, 9.17) is 11.5 Å². The highest BCUT2D eigenvalue weighted by molar-refractivity contribution is 5.76. The lowest BCUT2D eigenvalue weighted by Gasteiger charge is -2.29. The number of hydrogen-bond donors (Lipinski definition) is 3. The van der Waals surface area contributed by atoms with Crippen LogP contribution in [0.15, 0.2) is 0 Å². The molecule has 3 N–H and O–H groups in total. The lowest BCUT2D eigenvalue weighted by molar-refractivity contribution is -0.143. The number of carbonyl (C=O) groups excluding carboxylic acids is 1. The van der Waals surface area contributed by atoms with E-state index >= 15 is 0 Å². The Morgan fingerprint density at radius 1 is 1.35 bits per heavy atom. The third kappa shape index (κ3) is 4.35. The molecule has 0 radical (unpaired) electrons. The molecule has 0 aromatic rings. The molecule has 1 fully saturated rings. The van der Waals surface area contributed by atoms with Gasteiger partial charge in [-0.2, -0.15) is 0 Å². The van der Waals surface area contributed by atoms with Gasteiger partial charge in [0.25, 0.3) is 0 Å². The van der Waals surface area contributed by atoms with Crippen LogP contribution >= 0.6 is 0 Å². The fraction of sp³-hybridized carbons (Fsp3) is 0.667. The first kappa shape index (κ1) is 13.4. The van der Waals surface area contributed by atoms with Gasteiger partial charge in [-0.1, -0.05) is 12.8 Å². The third-order valence-electron chi connectivity index (χ3n) is 2.95. The molecule has 0 saturated heterocycles. The Hall–Kier alpha value is -1.70. The van der Waals surface area contributed by atoms with Gasteiger partial charge in [0.2, 0.25) is 0 Å². The van der Waals surface area contributed by atoms with E-state index < -0.39 is 11.9 Å². The number of terminal acetylenes is 1. The highest BCUT2D eigenvalue weighted by atomic mass is 16.4. The van der Waals surface area contributed by atoms with E-state index in [1.165, 1.54) is 0 Å². The number of hydrogen-bond acceptors (Lipinski definition) is 2. The largest absolute Gasteiger partial charge is 0.481 e. The minimum Gasteiger partial charge on any atom is -0.481 e. The number of carboxylic acid groups (broad SMARTS) is 1. The van der Waals surface area contributed by atoms with E-state index in [2.05, 4.69) is 16.6 Å². The van der Waals surface area contributed by atoms with Crippen molar-refractivity contribution in [1.82, 2.24) is 10.6 Å². The van der Waals surface area contributed by atoms with E-state index in [9.17, 15) is 9.59 Å². The summed E-state index contributed by atoms with van der Waals surface area (Å²) in [5, 5.41) is 14.4. The van der Waals surface area contributed by atoms with Crippen molar-refractivity contribution in [2.75, 3.05) is 6.54 Å². The van der Waals surface area contributed by atoms with Crippen LogP contribution in [0.4, 0.5) is 4.79 Å². The van der Waals surface area contributed by atoms with Crippen molar-refractivity contribution in [2.45, 2.75) is 38.1 Å². The summed E-state index contributed by atoms with van der Waals surface area (Å²) in [4.78, 5) is 22.5. The lowest BCUT2D eigenvalue weighted by atomic mass is 9.84. The maximum absolute atomic E-state index is 11.5. The molecule has 2 atom stereocenters. The van der Waals surface area contributed by atoms with Crippen molar-refractivity contribution in [1.29, 1.82) is 0 Å². The van der Waals surface area contributed by atoms with Gasteiger partial charge in [-0.05, 0) is 12.8 Å². The molecule has 0 spiro atoms. The normalized spacial score (nSPS) is 23.5. The van der Waals surface area contributed by atoms with Gasteiger partial charge >= 0.3 is 12.0 Å². The van der Waals surface area contributed by atoms with Crippen LogP contribution < -0.4 is 10.6 Å². The van der Waals surface area contributed by atoms with Crippen LogP contribution in [-0.2, 0) is 4.79 Å². The Morgan fingerprint density at radius 3 is 2.71 bits per heavy atom. The molecule has 0 aliphatic heterocycles. The number of amides is 2. The van der Waals surface area contributed by atoms with Gasteiger partial charge in [-0.25, -0.2) is 4.79 Å². The van der Waals surface area contributed by atoms with Crippen LogP contribution in [0.5, 0.6) is 0 Å². The maximum atomic E-state index is 11.5. The first-order valence-corrected chi connectivity index (χ1v) is 5.85. The SMILES string of the molecule is C#CCCNC(=O)NC1CCCCC1C(=O)O. The molecule has 0 bridgehead atoms. The predicted octanol–water partition coefficient (Wildman–Crippen LogP) is 0.952. The maximum Gasteiger partial charge on any atom is 0.315 e. The molecule has 0 aromatic heterocycles. The summed E-state index contributed by atoms with van der Waals surface area (Å²) >= 11 is 0. The number of nitrogens with one attached hydrogen (secondary N) is 2. The predicted molar refractivity (Wildman–Crippen MR) is 63.4 cm³/mol. The van der Waals surface area contributed by atoms with Crippen molar-refractivity contribution in [3.8, 4) is 12.3 Å². The summed E-state index contributed by atoms with van der Waals surface area (Å²) < 4.78 is 0. The van der Waals surface area contributed by atoms with Crippen LogP contribution in [0.1, 0.15) is 32.1 Å². The fourth-order valence-corrected chi connectivity index (χ4v) is 2.07. The molecule has 94 valence electrons. The van der Waals surface area contributed by atoms with Crippen LogP contribution in [-0.4, -0.2) is 29.7 Å². The van der Waals surface area contributed by atoms with E-state index in [1.54, 1.807) is 0 Å². The van der Waals surface area contributed by atoms with E-state index in [1.807, 2.05) is 0 Å². The van der Waals surface area contributed by atoms with E-state index in [0.29, 0.717) is 19.4 Å². The summed E-state index contributed by atoms with van der Waals surface area (Å²) in [6.45, 7) is 0.410. The molecule has 1 saturated carbocycles. The van der Waals surface area contributed by atoms with Crippen molar-refractivity contribution in [2.24, 2.45) is 5.92 Å². The zero-order valence-electron chi connectivity index (χ0n) is 9.74. The number of urea groups is 1. The molecular formula is C12H18N2O3. The Kier molecular flexibility index (Phi) is 5.34. The van der Waals surface area contributed by atoms with Gasteiger partial charge in [-0.15, -0.1) is 12.3 Å². The molecule has 0 aromatic carbocycles. The number of carboxylic acids is 1. The zero-order valence-corrected chi connectivity index (χ0v) is 9.74. The highest BCUT2D eigenvalue weighted by Crippen LogP contribution is 2.24. The summed E-state index contributed by atoms with van der Waals surface area (Å²) in [6.07, 6.45) is 8.75. The summed E-state index contributed by atoms with van der Waals surface area (Å²) in [6, 6.07) is -0.606. The zero-order chi connectivity index (χ0) is 12.7. The Balaban J connectivity index is 2.39. The summed E-state index contributed by atoms with van der Waals surface area (Å²) in [7, 11) is 0. The van der Waals surface area contributed by atoms with Crippen molar-refractivity contribution in [3.05, 3.63) is 0 Å². The fourth-order valence-electron chi connectivity index (χ4n) is 2.07. The lowest BCUT2D eigenvalue weighted by Crippen LogP contribution is -2.48. The van der Waals surface area contributed by atoms with Crippen LogP contribution in [0, 0.1) is 18.3 Å². The molecule has 1 rings (SSSR count). The van der Waals surface area contributed by atoms with Gasteiger partial charge in [0, 0.05) is 19.0 Å². The van der Waals surface area contributed by atoms with Crippen LogP contribution in [0.3, 0.4) is 0 Å². The second-order valence-corrected chi connectivity index (χ2v) is 4.19. The second-order valence-electron chi connectivity index (χ2n) is 4.19. The minimum atomic E-state index is -0.835. The summed E-state index contributed by atoms with van der Waals surface area (Å²) in [5.74, 6) is 1.11. The highest BCUT2D eigenvalue weighted by Gasteiger charge is 2.31. The van der Waals surface area contributed by atoms with E-state index in [-0.39, 0.29) is 12.1 Å². The molecule has 2 unspecified atom stereocenters. The molecular weight excluding hydrogens is 220 g/mol. The number of carbonyl (C=O) groups is 2. The first-order chi connectivity index (χ1) is 8.15. The van der Waals surface area contributed by atoms with Crippen molar-refractivity contribution >= 4 is 12.0 Å². The second kappa shape index (κ2) is 6.79. The molecule has 1 aliphatic rings. The Labute approximate surface area is 101 Å². The average molecular weight is 238 g/mol. The smallest absolute Gasteiger partial charge is 0.315 e. The van der Waals surface area contributed by atoms with Gasteiger partial charge < -0.3 is 15.7 Å². The molecule has 5 nitrogen and oxygen atoms in total. The van der Waals surface area contributed by atoms with Crippen LogP contribution in [0.2, 0.25) is 0 Å². The van der Waals surface area contributed by atoms with Gasteiger partial charge in [0.05, 0.1) is 5.92 Å². The third-order valence-corrected chi connectivity index (χ3v) is 2.95. The van der Waals surface area contributed by atoms with Gasteiger partial charge in [0.15, 0.2) is 0 Å². The quantitative estimate of drug-likeness (QED) is 0.504. The molecule has 5 heteroatoms. The average Bonchev–Trinajstić information content (AvgIpc) is 2.29. The molecule has 1 aliphatic carbocycles. The number of rotatable bonds is 4. The first-order valence-electron chi connectivity index (χ1n) is 5.85. The van der Waals surface area contributed by atoms with E-state index in [0.717, 1.165) is 19.3 Å². The Morgan fingerprint density at radius 2 is 2.06 bits per heavy atom. The standard InChI is InChI=1S/C12H18N2O3/c1-2-3-8-13-12(17)14-10-7-5-4-6-9(10)11(15)16/h1,9-10H,3-8H2,(H,15,16)(H2,13,14,17). The van der Waals surface area contributed by atoms with Gasteiger partial charge in [-0.3, -0.25) is 4.79 Å². The van der Waals surface area contributed by atoms with Crippen LogP contribution in [0.25, 0.3) is 0 Å². The topological polar surface area (TPSA) is 78.4 Å². The van der Waals surface area contributed by atoms with Crippen molar-refractivity contribution < 1.29 is 14.7 Å².